The first kappa shape index (κ1) is 20.6. The molecule has 1 aliphatic heterocycles. The van der Waals surface area contributed by atoms with Crippen molar-refractivity contribution in [3.63, 3.8) is 0 Å². The summed E-state index contributed by atoms with van der Waals surface area (Å²) >= 11 is 0. The molecule has 1 heterocycles. The Morgan fingerprint density at radius 2 is 2.12 bits per heavy atom. The SMILES string of the molecule is COc1cccc(CCNC(=O)CN2CC[C@H](C(F)(F)F)C(C)(C)C2)c1. The van der Waals surface area contributed by atoms with Gasteiger partial charge in [-0.15, -0.1) is 0 Å². The molecule has 0 unspecified atom stereocenters. The number of hydrogen-bond donors (Lipinski definition) is 1. The summed E-state index contributed by atoms with van der Waals surface area (Å²) < 4.78 is 44.5. The van der Waals surface area contributed by atoms with Crippen LogP contribution in [-0.4, -0.2) is 50.3 Å². The lowest BCUT2D eigenvalue weighted by Gasteiger charge is -2.44. The molecule has 0 aliphatic carbocycles. The van der Waals surface area contributed by atoms with Crippen molar-refractivity contribution < 1.29 is 22.7 Å². The van der Waals surface area contributed by atoms with Gasteiger partial charge in [-0.1, -0.05) is 26.0 Å². The van der Waals surface area contributed by atoms with Gasteiger partial charge in [0, 0.05) is 13.1 Å². The molecule has 1 atom stereocenters. The molecule has 1 aromatic rings. The number of amides is 1. The summed E-state index contributed by atoms with van der Waals surface area (Å²) in [6.07, 6.45) is -3.48. The molecule has 0 aromatic heterocycles. The maximum absolute atomic E-state index is 13.1. The Morgan fingerprint density at radius 3 is 2.73 bits per heavy atom. The minimum atomic E-state index is -4.19. The normalized spacial score (nSPS) is 20.6. The van der Waals surface area contributed by atoms with Gasteiger partial charge < -0.3 is 10.1 Å². The number of methoxy groups -OCH3 is 1. The van der Waals surface area contributed by atoms with E-state index in [2.05, 4.69) is 5.32 Å². The number of benzene rings is 1. The summed E-state index contributed by atoms with van der Waals surface area (Å²) in [5.41, 5.74) is 0.161. The van der Waals surface area contributed by atoms with E-state index >= 15 is 0 Å². The minimum Gasteiger partial charge on any atom is -0.497 e. The van der Waals surface area contributed by atoms with Crippen molar-refractivity contribution in [3.8, 4) is 5.75 Å². The van der Waals surface area contributed by atoms with Crippen molar-refractivity contribution in [1.29, 1.82) is 0 Å². The van der Waals surface area contributed by atoms with Gasteiger partial charge in [-0.05, 0) is 42.5 Å². The van der Waals surface area contributed by atoms with Crippen LogP contribution in [0.4, 0.5) is 13.2 Å². The topological polar surface area (TPSA) is 41.6 Å². The lowest BCUT2D eigenvalue weighted by atomic mass is 9.73. The number of hydrogen-bond acceptors (Lipinski definition) is 3. The van der Waals surface area contributed by atoms with Crippen LogP contribution < -0.4 is 10.1 Å². The number of nitrogens with one attached hydrogen (secondary N) is 1. The summed E-state index contributed by atoms with van der Waals surface area (Å²) in [5.74, 6) is -0.708. The van der Waals surface area contributed by atoms with E-state index in [1.807, 2.05) is 29.2 Å². The Hall–Kier alpha value is -1.76. The summed E-state index contributed by atoms with van der Waals surface area (Å²) in [7, 11) is 1.60. The van der Waals surface area contributed by atoms with Gasteiger partial charge in [-0.2, -0.15) is 13.2 Å². The summed E-state index contributed by atoms with van der Waals surface area (Å²) in [6.45, 7) is 4.41. The summed E-state index contributed by atoms with van der Waals surface area (Å²) in [5, 5.41) is 2.84. The molecule has 1 saturated heterocycles. The van der Waals surface area contributed by atoms with E-state index in [1.54, 1.807) is 21.0 Å². The van der Waals surface area contributed by atoms with Crippen molar-refractivity contribution in [3.05, 3.63) is 29.8 Å². The number of rotatable bonds is 6. The van der Waals surface area contributed by atoms with E-state index in [0.29, 0.717) is 13.0 Å². The first-order valence-corrected chi connectivity index (χ1v) is 8.80. The standard InChI is InChI=1S/C19H27F3N2O2/c1-18(2)13-24(10-8-16(18)19(20,21)22)12-17(25)23-9-7-14-5-4-6-15(11-14)26-3/h4-6,11,16H,7-10,12-13H2,1-3H3,(H,23,25)/t16-/m0/s1. The number of ether oxygens (including phenoxy) is 1. The fourth-order valence-corrected chi connectivity index (χ4v) is 3.64. The highest BCUT2D eigenvalue weighted by atomic mass is 19.4. The molecule has 7 heteroatoms. The molecule has 0 saturated carbocycles. The molecular weight excluding hydrogens is 345 g/mol. The van der Waals surface area contributed by atoms with Gasteiger partial charge in [0.1, 0.15) is 5.75 Å². The quantitative estimate of drug-likeness (QED) is 0.833. The average molecular weight is 372 g/mol. The Labute approximate surface area is 152 Å². The second-order valence-electron chi connectivity index (χ2n) is 7.53. The lowest BCUT2D eigenvalue weighted by molar-refractivity contribution is -0.216. The number of piperidine rings is 1. The van der Waals surface area contributed by atoms with E-state index in [4.69, 9.17) is 4.74 Å². The van der Waals surface area contributed by atoms with Crippen LogP contribution in [0.1, 0.15) is 25.8 Å². The molecule has 146 valence electrons. The smallest absolute Gasteiger partial charge is 0.392 e. The second kappa shape index (κ2) is 8.29. The van der Waals surface area contributed by atoms with Gasteiger partial charge in [0.05, 0.1) is 19.6 Å². The fourth-order valence-electron chi connectivity index (χ4n) is 3.64. The Balaban J connectivity index is 1.78. The third-order valence-electron chi connectivity index (χ3n) is 4.94. The number of carbonyl (C=O) groups is 1. The van der Waals surface area contributed by atoms with Crippen molar-refractivity contribution in [2.24, 2.45) is 11.3 Å². The highest BCUT2D eigenvalue weighted by molar-refractivity contribution is 5.78. The van der Waals surface area contributed by atoms with Gasteiger partial charge in [0.15, 0.2) is 0 Å². The number of nitrogens with zero attached hydrogens (tertiary/aromatic N) is 1. The van der Waals surface area contributed by atoms with Gasteiger partial charge >= 0.3 is 6.18 Å². The zero-order valence-corrected chi connectivity index (χ0v) is 15.5. The van der Waals surface area contributed by atoms with E-state index < -0.39 is 17.5 Å². The van der Waals surface area contributed by atoms with Gasteiger partial charge in [0.25, 0.3) is 0 Å². The monoisotopic (exact) mass is 372 g/mol. The van der Waals surface area contributed by atoms with Crippen molar-refractivity contribution in [1.82, 2.24) is 10.2 Å². The van der Waals surface area contributed by atoms with Crippen LogP contribution in [0.25, 0.3) is 0 Å². The first-order chi connectivity index (χ1) is 12.1. The zero-order chi connectivity index (χ0) is 19.4. The van der Waals surface area contributed by atoms with E-state index in [-0.39, 0.29) is 32.0 Å². The van der Waals surface area contributed by atoms with Crippen LogP contribution in [0.5, 0.6) is 5.75 Å². The molecule has 1 aromatic carbocycles. The molecule has 4 nitrogen and oxygen atoms in total. The van der Waals surface area contributed by atoms with Crippen LogP contribution in [-0.2, 0) is 11.2 Å². The van der Waals surface area contributed by atoms with Gasteiger partial charge in [-0.3, -0.25) is 9.69 Å². The van der Waals surface area contributed by atoms with Crippen molar-refractivity contribution in [2.75, 3.05) is 33.3 Å². The molecule has 1 N–H and O–H groups in total. The minimum absolute atomic E-state index is 0.0353. The molecule has 0 bridgehead atoms. The van der Waals surface area contributed by atoms with Crippen LogP contribution in [0.3, 0.4) is 0 Å². The summed E-state index contributed by atoms with van der Waals surface area (Å²) in [4.78, 5) is 13.9. The molecule has 26 heavy (non-hydrogen) atoms. The molecule has 2 rings (SSSR count). The Morgan fingerprint density at radius 1 is 1.38 bits per heavy atom. The predicted octanol–water partition coefficient (Wildman–Crippen LogP) is 3.26. The van der Waals surface area contributed by atoms with Gasteiger partial charge in [-0.25, -0.2) is 0 Å². The number of halogens is 3. The zero-order valence-electron chi connectivity index (χ0n) is 15.5. The molecule has 0 radical (unpaired) electrons. The number of likely N-dealkylation sites (tertiary alicyclic amines) is 1. The third-order valence-corrected chi connectivity index (χ3v) is 4.94. The maximum Gasteiger partial charge on any atom is 0.392 e. The second-order valence-corrected chi connectivity index (χ2v) is 7.53. The summed E-state index contributed by atoms with van der Waals surface area (Å²) in [6, 6.07) is 7.62. The van der Waals surface area contributed by atoms with Crippen molar-refractivity contribution in [2.45, 2.75) is 32.9 Å². The largest absolute Gasteiger partial charge is 0.497 e. The van der Waals surface area contributed by atoms with Crippen molar-refractivity contribution >= 4 is 5.91 Å². The van der Waals surface area contributed by atoms with Gasteiger partial charge in [0.2, 0.25) is 5.91 Å². The third kappa shape index (κ3) is 5.62. The molecule has 1 aliphatic rings. The molecule has 1 fully saturated rings. The van der Waals surface area contributed by atoms with Crippen LogP contribution >= 0.6 is 0 Å². The fraction of sp³-hybridized carbons (Fsp3) is 0.632. The lowest BCUT2D eigenvalue weighted by Crippen LogP contribution is -2.52. The molecule has 0 spiro atoms. The van der Waals surface area contributed by atoms with Crippen LogP contribution in [0, 0.1) is 11.3 Å². The highest BCUT2D eigenvalue weighted by Gasteiger charge is 2.51. The molecule has 1 amide bonds. The van der Waals surface area contributed by atoms with Crippen LogP contribution in [0.2, 0.25) is 0 Å². The van der Waals surface area contributed by atoms with E-state index in [1.165, 1.54) is 0 Å². The van der Waals surface area contributed by atoms with E-state index in [9.17, 15) is 18.0 Å². The van der Waals surface area contributed by atoms with Crippen LogP contribution in [0.15, 0.2) is 24.3 Å². The average Bonchev–Trinajstić information content (AvgIpc) is 2.53. The predicted molar refractivity (Wildman–Crippen MR) is 94.1 cm³/mol. The molecular formula is C19H27F3N2O2. The maximum atomic E-state index is 13.1. The number of alkyl halides is 3. The Kier molecular flexibility index (Phi) is 6.55. The highest BCUT2D eigenvalue weighted by Crippen LogP contribution is 2.44. The first-order valence-electron chi connectivity index (χ1n) is 8.80. The number of carbonyl (C=O) groups excluding carboxylic acids is 1. The Bertz CT molecular complexity index is 617. The van der Waals surface area contributed by atoms with E-state index in [0.717, 1.165) is 11.3 Å².